The maximum absolute atomic E-state index is 12.0. The molecule has 0 aliphatic carbocycles. The zero-order chi connectivity index (χ0) is 16.7. The number of nitrogens with zero attached hydrogens (tertiary/aromatic N) is 1. The Morgan fingerprint density at radius 3 is 2.27 bits per heavy atom. The van der Waals surface area contributed by atoms with Gasteiger partial charge in [-0.15, -0.1) is 0 Å². The van der Waals surface area contributed by atoms with Crippen LogP contribution in [-0.4, -0.2) is 48.3 Å². The standard InChI is InChI=1S/C16H29N3O3/c1-5-12(6-2)15(21)17-7-8-18-16(22)13-9-14(20)19(10-13)11(3)4/h11-13H,5-10H2,1-4H3,(H,17,21)(H,18,22). The van der Waals surface area contributed by atoms with Crippen LogP contribution >= 0.6 is 0 Å². The smallest absolute Gasteiger partial charge is 0.225 e. The second-order valence-electron chi connectivity index (χ2n) is 6.14. The van der Waals surface area contributed by atoms with Crippen molar-refractivity contribution in [3.05, 3.63) is 0 Å². The van der Waals surface area contributed by atoms with Gasteiger partial charge in [0.2, 0.25) is 17.7 Å². The normalized spacial score (nSPS) is 18.2. The van der Waals surface area contributed by atoms with Gasteiger partial charge in [0.25, 0.3) is 0 Å². The lowest BCUT2D eigenvalue weighted by Crippen LogP contribution is -2.40. The Hall–Kier alpha value is -1.59. The molecule has 1 rings (SSSR count). The number of carbonyl (C=O) groups is 3. The molecule has 1 saturated heterocycles. The molecular weight excluding hydrogens is 282 g/mol. The van der Waals surface area contributed by atoms with Gasteiger partial charge in [-0.05, 0) is 26.7 Å². The van der Waals surface area contributed by atoms with E-state index in [0.717, 1.165) is 12.8 Å². The SMILES string of the molecule is CCC(CC)C(=O)NCCNC(=O)C1CC(=O)N(C(C)C)C1. The highest BCUT2D eigenvalue weighted by Gasteiger charge is 2.35. The molecule has 1 heterocycles. The van der Waals surface area contributed by atoms with E-state index in [0.29, 0.717) is 19.6 Å². The van der Waals surface area contributed by atoms with Gasteiger partial charge in [-0.2, -0.15) is 0 Å². The minimum absolute atomic E-state index is 0.0391. The van der Waals surface area contributed by atoms with Gasteiger partial charge in [-0.1, -0.05) is 13.8 Å². The van der Waals surface area contributed by atoms with E-state index in [1.165, 1.54) is 0 Å². The average Bonchev–Trinajstić information content (AvgIpc) is 2.87. The Kier molecular flexibility index (Phi) is 7.35. The fourth-order valence-electron chi connectivity index (χ4n) is 2.73. The molecule has 1 aliphatic heterocycles. The fourth-order valence-corrected chi connectivity index (χ4v) is 2.73. The second-order valence-corrected chi connectivity index (χ2v) is 6.14. The third-order valence-electron chi connectivity index (χ3n) is 4.23. The van der Waals surface area contributed by atoms with Crippen LogP contribution in [0.4, 0.5) is 0 Å². The number of hydrogen-bond acceptors (Lipinski definition) is 3. The van der Waals surface area contributed by atoms with Crippen LogP contribution in [0.1, 0.15) is 47.0 Å². The van der Waals surface area contributed by atoms with Crippen molar-refractivity contribution in [2.24, 2.45) is 11.8 Å². The Bertz CT molecular complexity index is 405. The average molecular weight is 311 g/mol. The molecule has 0 aromatic heterocycles. The topological polar surface area (TPSA) is 78.5 Å². The van der Waals surface area contributed by atoms with E-state index in [1.54, 1.807) is 4.90 Å². The summed E-state index contributed by atoms with van der Waals surface area (Å²) in [6, 6.07) is 0.129. The minimum atomic E-state index is -0.273. The number of carbonyl (C=O) groups excluding carboxylic acids is 3. The summed E-state index contributed by atoms with van der Waals surface area (Å²) in [6.07, 6.45) is 1.93. The van der Waals surface area contributed by atoms with E-state index < -0.39 is 0 Å². The number of rotatable bonds is 8. The molecule has 6 nitrogen and oxygen atoms in total. The first-order valence-electron chi connectivity index (χ1n) is 8.25. The van der Waals surface area contributed by atoms with Crippen molar-refractivity contribution in [1.29, 1.82) is 0 Å². The molecule has 3 amide bonds. The van der Waals surface area contributed by atoms with Crippen LogP contribution in [0.25, 0.3) is 0 Å². The van der Waals surface area contributed by atoms with Crippen molar-refractivity contribution in [3.8, 4) is 0 Å². The molecular formula is C16H29N3O3. The summed E-state index contributed by atoms with van der Waals surface area (Å²) in [7, 11) is 0. The first-order valence-corrected chi connectivity index (χ1v) is 8.25. The molecule has 0 saturated carbocycles. The predicted octanol–water partition coefficient (Wildman–Crippen LogP) is 0.912. The van der Waals surface area contributed by atoms with Crippen molar-refractivity contribution >= 4 is 17.7 Å². The molecule has 0 bridgehead atoms. The third kappa shape index (κ3) is 5.00. The molecule has 1 unspecified atom stereocenters. The first-order chi connectivity index (χ1) is 10.4. The first kappa shape index (κ1) is 18.5. The Morgan fingerprint density at radius 1 is 1.18 bits per heavy atom. The van der Waals surface area contributed by atoms with Crippen LogP contribution in [0, 0.1) is 11.8 Å². The van der Waals surface area contributed by atoms with E-state index in [9.17, 15) is 14.4 Å². The third-order valence-corrected chi connectivity index (χ3v) is 4.23. The molecule has 126 valence electrons. The molecule has 0 spiro atoms. The van der Waals surface area contributed by atoms with Crippen LogP contribution in [0.5, 0.6) is 0 Å². The number of nitrogens with one attached hydrogen (secondary N) is 2. The second kappa shape index (κ2) is 8.76. The van der Waals surface area contributed by atoms with Crippen LogP contribution in [-0.2, 0) is 14.4 Å². The summed E-state index contributed by atoms with van der Waals surface area (Å²) < 4.78 is 0. The fraction of sp³-hybridized carbons (Fsp3) is 0.812. The van der Waals surface area contributed by atoms with Gasteiger partial charge in [0.1, 0.15) is 0 Å². The maximum atomic E-state index is 12.0. The van der Waals surface area contributed by atoms with E-state index in [4.69, 9.17) is 0 Å². The van der Waals surface area contributed by atoms with E-state index in [-0.39, 0.29) is 42.0 Å². The van der Waals surface area contributed by atoms with Gasteiger partial charge in [0.15, 0.2) is 0 Å². The van der Waals surface area contributed by atoms with Crippen molar-refractivity contribution in [3.63, 3.8) is 0 Å². The Morgan fingerprint density at radius 2 is 1.77 bits per heavy atom. The molecule has 22 heavy (non-hydrogen) atoms. The van der Waals surface area contributed by atoms with Crippen molar-refractivity contribution < 1.29 is 14.4 Å². The van der Waals surface area contributed by atoms with Gasteiger partial charge >= 0.3 is 0 Å². The van der Waals surface area contributed by atoms with Gasteiger partial charge in [0.05, 0.1) is 5.92 Å². The lowest BCUT2D eigenvalue weighted by atomic mass is 10.0. The molecule has 1 atom stereocenters. The molecule has 0 aromatic carbocycles. The highest BCUT2D eigenvalue weighted by Crippen LogP contribution is 2.19. The molecule has 0 aromatic rings. The summed E-state index contributed by atoms with van der Waals surface area (Å²) >= 11 is 0. The summed E-state index contributed by atoms with van der Waals surface area (Å²) in [6.45, 7) is 9.20. The van der Waals surface area contributed by atoms with Crippen LogP contribution in [0.3, 0.4) is 0 Å². The zero-order valence-corrected chi connectivity index (χ0v) is 14.1. The summed E-state index contributed by atoms with van der Waals surface area (Å²) in [5.41, 5.74) is 0. The van der Waals surface area contributed by atoms with Crippen LogP contribution in [0.2, 0.25) is 0 Å². The lowest BCUT2D eigenvalue weighted by molar-refractivity contribution is -0.129. The molecule has 6 heteroatoms. The highest BCUT2D eigenvalue weighted by atomic mass is 16.2. The summed E-state index contributed by atoms with van der Waals surface area (Å²) in [4.78, 5) is 37.4. The lowest BCUT2D eigenvalue weighted by Gasteiger charge is -2.20. The number of likely N-dealkylation sites (tertiary alicyclic amines) is 1. The Balaban J connectivity index is 2.27. The van der Waals surface area contributed by atoms with Gasteiger partial charge in [-0.25, -0.2) is 0 Å². The number of amides is 3. The van der Waals surface area contributed by atoms with Gasteiger partial charge in [0, 0.05) is 38.0 Å². The van der Waals surface area contributed by atoms with E-state index in [2.05, 4.69) is 10.6 Å². The number of hydrogen-bond donors (Lipinski definition) is 2. The van der Waals surface area contributed by atoms with Gasteiger partial charge in [-0.3, -0.25) is 14.4 Å². The van der Waals surface area contributed by atoms with E-state index in [1.807, 2.05) is 27.7 Å². The van der Waals surface area contributed by atoms with E-state index >= 15 is 0 Å². The molecule has 1 aliphatic rings. The predicted molar refractivity (Wildman–Crippen MR) is 85.0 cm³/mol. The molecule has 1 fully saturated rings. The largest absolute Gasteiger partial charge is 0.354 e. The monoisotopic (exact) mass is 311 g/mol. The molecule has 0 radical (unpaired) electrons. The summed E-state index contributed by atoms with van der Waals surface area (Å²) in [5.74, 6) is -0.251. The minimum Gasteiger partial charge on any atom is -0.354 e. The quantitative estimate of drug-likeness (QED) is 0.654. The zero-order valence-electron chi connectivity index (χ0n) is 14.1. The van der Waals surface area contributed by atoms with Crippen LogP contribution in [0.15, 0.2) is 0 Å². The summed E-state index contributed by atoms with van der Waals surface area (Å²) in [5, 5.41) is 5.64. The van der Waals surface area contributed by atoms with Crippen molar-refractivity contribution in [2.75, 3.05) is 19.6 Å². The van der Waals surface area contributed by atoms with Gasteiger partial charge < -0.3 is 15.5 Å². The highest BCUT2D eigenvalue weighted by molar-refractivity contribution is 5.89. The molecule has 2 N–H and O–H groups in total. The van der Waals surface area contributed by atoms with Crippen LogP contribution < -0.4 is 10.6 Å². The maximum Gasteiger partial charge on any atom is 0.225 e. The van der Waals surface area contributed by atoms with Crippen molar-refractivity contribution in [1.82, 2.24) is 15.5 Å². The Labute approximate surface area is 133 Å². The van der Waals surface area contributed by atoms with Crippen molar-refractivity contribution in [2.45, 2.75) is 53.0 Å².